The summed E-state index contributed by atoms with van der Waals surface area (Å²) >= 11 is 5.71. The minimum Gasteiger partial charge on any atom is -0.405 e. The van der Waals surface area contributed by atoms with Crippen LogP contribution in [0.5, 0.6) is 5.75 Å². The minimum atomic E-state index is -4.75. The maximum Gasteiger partial charge on any atom is 0.573 e. The van der Waals surface area contributed by atoms with Gasteiger partial charge in [0.1, 0.15) is 5.75 Å². The molecule has 110 valence electrons. The van der Waals surface area contributed by atoms with Gasteiger partial charge in [-0.2, -0.15) is 0 Å². The molecule has 0 saturated carbocycles. The van der Waals surface area contributed by atoms with E-state index in [1.54, 1.807) is 6.07 Å². The van der Waals surface area contributed by atoms with Crippen molar-refractivity contribution in [1.29, 1.82) is 0 Å². The van der Waals surface area contributed by atoms with E-state index in [0.717, 1.165) is 0 Å². The van der Waals surface area contributed by atoms with E-state index in [4.69, 9.17) is 11.6 Å². The number of benzene rings is 1. The second kappa shape index (κ2) is 5.91. The molecule has 1 fully saturated rings. The van der Waals surface area contributed by atoms with Crippen molar-refractivity contribution < 1.29 is 22.7 Å². The summed E-state index contributed by atoms with van der Waals surface area (Å²) in [5.41, 5.74) is 0.327. The van der Waals surface area contributed by atoms with Gasteiger partial charge < -0.3 is 9.64 Å². The highest BCUT2D eigenvalue weighted by Gasteiger charge is 2.33. The molecule has 0 aliphatic carbocycles. The van der Waals surface area contributed by atoms with E-state index in [0.29, 0.717) is 24.4 Å². The lowest BCUT2D eigenvalue weighted by atomic mass is 10.1. The molecule has 0 bridgehead atoms. The summed E-state index contributed by atoms with van der Waals surface area (Å²) in [7, 11) is 0. The van der Waals surface area contributed by atoms with Crippen LogP contribution in [0.1, 0.15) is 12.0 Å². The SMILES string of the molecule is O=C1CC(CCl)CN1Cc1ccccc1OC(F)(F)F. The molecule has 0 aromatic heterocycles. The van der Waals surface area contributed by atoms with Gasteiger partial charge in [-0.05, 0) is 12.0 Å². The predicted molar refractivity (Wildman–Crippen MR) is 67.4 cm³/mol. The second-order valence-corrected chi connectivity index (χ2v) is 4.96. The number of ether oxygens (including phenoxy) is 1. The first-order valence-corrected chi connectivity index (χ1v) is 6.60. The number of alkyl halides is 4. The first-order valence-electron chi connectivity index (χ1n) is 6.06. The van der Waals surface area contributed by atoms with Crippen molar-refractivity contribution in [1.82, 2.24) is 4.90 Å². The Kier molecular flexibility index (Phi) is 4.42. The number of hydrogen-bond donors (Lipinski definition) is 0. The molecule has 1 atom stereocenters. The van der Waals surface area contributed by atoms with Crippen molar-refractivity contribution in [2.45, 2.75) is 19.3 Å². The number of likely N-dealkylation sites (tertiary alicyclic amines) is 1. The fourth-order valence-electron chi connectivity index (χ4n) is 2.17. The first kappa shape index (κ1) is 15.0. The summed E-state index contributed by atoms with van der Waals surface area (Å²) in [5.74, 6) is 0.0441. The number of amides is 1. The van der Waals surface area contributed by atoms with Crippen LogP contribution in [-0.2, 0) is 11.3 Å². The summed E-state index contributed by atoms with van der Waals surface area (Å²) in [6.07, 6.45) is -4.41. The molecule has 0 spiro atoms. The molecule has 2 rings (SSSR count). The average Bonchev–Trinajstić information content (AvgIpc) is 2.71. The van der Waals surface area contributed by atoms with Crippen molar-refractivity contribution in [3.63, 3.8) is 0 Å². The second-order valence-electron chi connectivity index (χ2n) is 4.65. The number of carbonyl (C=O) groups excluding carboxylic acids is 1. The molecule has 20 heavy (non-hydrogen) atoms. The van der Waals surface area contributed by atoms with Gasteiger partial charge in [0.25, 0.3) is 0 Å². The van der Waals surface area contributed by atoms with Gasteiger partial charge in [-0.3, -0.25) is 4.79 Å². The van der Waals surface area contributed by atoms with E-state index >= 15 is 0 Å². The molecule has 1 aromatic carbocycles. The van der Waals surface area contributed by atoms with Gasteiger partial charge in [-0.25, -0.2) is 0 Å². The van der Waals surface area contributed by atoms with Gasteiger partial charge in [0.2, 0.25) is 5.91 Å². The van der Waals surface area contributed by atoms with Crippen LogP contribution in [0.15, 0.2) is 24.3 Å². The lowest BCUT2D eigenvalue weighted by Gasteiger charge is -2.19. The van der Waals surface area contributed by atoms with Gasteiger partial charge >= 0.3 is 6.36 Å². The largest absolute Gasteiger partial charge is 0.573 e. The number of hydrogen-bond acceptors (Lipinski definition) is 2. The van der Waals surface area contributed by atoms with Crippen LogP contribution in [0.4, 0.5) is 13.2 Å². The molecule has 1 aliphatic rings. The summed E-state index contributed by atoms with van der Waals surface area (Å²) < 4.78 is 40.9. The maximum atomic E-state index is 12.3. The summed E-state index contributed by atoms with van der Waals surface area (Å²) in [4.78, 5) is 13.3. The highest BCUT2D eigenvalue weighted by molar-refractivity contribution is 6.18. The van der Waals surface area contributed by atoms with E-state index in [9.17, 15) is 18.0 Å². The van der Waals surface area contributed by atoms with Crippen LogP contribution >= 0.6 is 11.6 Å². The number of para-hydroxylation sites is 1. The Bertz CT molecular complexity index is 493. The zero-order chi connectivity index (χ0) is 14.8. The van der Waals surface area contributed by atoms with Crippen LogP contribution in [-0.4, -0.2) is 29.6 Å². The minimum absolute atomic E-state index is 0.0554. The smallest absolute Gasteiger partial charge is 0.405 e. The first-order chi connectivity index (χ1) is 9.39. The Morgan fingerprint density at radius 1 is 1.35 bits per heavy atom. The van der Waals surface area contributed by atoms with Gasteiger partial charge in [-0.1, -0.05) is 18.2 Å². The van der Waals surface area contributed by atoms with Crippen molar-refractivity contribution in [2.24, 2.45) is 5.92 Å². The number of rotatable bonds is 4. The molecule has 0 radical (unpaired) electrons. The third-order valence-corrected chi connectivity index (χ3v) is 3.51. The molecule has 0 N–H and O–H groups in total. The summed E-state index contributed by atoms with van der Waals surface area (Å²) in [6.45, 7) is 0.557. The van der Waals surface area contributed by atoms with Crippen LogP contribution in [0.2, 0.25) is 0 Å². The van der Waals surface area contributed by atoms with Crippen LogP contribution < -0.4 is 4.74 Å². The van der Waals surface area contributed by atoms with E-state index in [1.807, 2.05) is 0 Å². The summed E-state index contributed by atoms with van der Waals surface area (Å²) in [5, 5.41) is 0. The van der Waals surface area contributed by atoms with Gasteiger partial charge in [0.05, 0.1) is 0 Å². The van der Waals surface area contributed by atoms with Crippen molar-refractivity contribution >= 4 is 17.5 Å². The fourth-order valence-corrected chi connectivity index (χ4v) is 2.38. The Labute approximate surface area is 119 Å². The molecule has 1 aromatic rings. The number of halogens is 4. The fraction of sp³-hybridized carbons (Fsp3) is 0.462. The molecule has 1 unspecified atom stereocenters. The Morgan fingerprint density at radius 2 is 2.05 bits per heavy atom. The van der Waals surface area contributed by atoms with Crippen LogP contribution in [0, 0.1) is 5.92 Å². The topological polar surface area (TPSA) is 29.5 Å². The zero-order valence-electron chi connectivity index (χ0n) is 10.5. The van der Waals surface area contributed by atoms with Gasteiger partial charge in [-0.15, -0.1) is 24.8 Å². The highest BCUT2D eigenvalue weighted by Crippen LogP contribution is 2.29. The molecule has 7 heteroatoms. The third-order valence-electron chi connectivity index (χ3n) is 3.07. The van der Waals surface area contributed by atoms with E-state index in [1.165, 1.54) is 23.1 Å². The molecular weight excluding hydrogens is 295 g/mol. The molecule has 1 heterocycles. The van der Waals surface area contributed by atoms with Crippen LogP contribution in [0.3, 0.4) is 0 Å². The lowest BCUT2D eigenvalue weighted by Crippen LogP contribution is -2.26. The van der Waals surface area contributed by atoms with Crippen molar-refractivity contribution in [3.05, 3.63) is 29.8 Å². The van der Waals surface area contributed by atoms with E-state index < -0.39 is 6.36 Å². The van der Waals surface area contributed by atoms with Gasteiger partial charge in [0, 0.05) is 31.0 Å². The summed E-state index contributed by atoms with van der Waals surface area (Å²) in [6, 6.07) is 5.82. The number of nitrogens with zero attached hydrogens (tertiary/aromatic N) is 1. The average molecular weight is 308 g/mol. The molecule has 1 saturated heterocycles. The lowest BCUT2D eigenvalue weighted by molar-refractivity contribution is -0.275. The maximum absolute atomic E-state index is 12.3. The monoisotopic (exact) mass is 307 g/mol. The zero-order valence-corrected chi connectivity index (χ0v) is 11.2. The van der Waals surface area contributed by atoms with E-state index in [-0.39, 0.29) is 24.1 Å². The Morgan fingerprint density at radius 3 is 2.65 bits per heavy atom. The quantitative estimate of drug-likeness (QED) is 0.800. The van der Waals surface area contributed by atoms with Crippen LogP contribution in [0.25, 0.3) is 0 Å². The third kappa shape index (κ3) is 3.79. The molecule has 3 nitrogen and oxygen atoms in total. The number of carbonyl (C=O) groups is 1. The van der Waals surface area contributed by atoms with E-state index in [2.05, 4.69) is 4.74 Å². The van der Waals surface area contributed by atoms with Gasteiger partial charge in [0.15, 0.2) is 0 Å². The Balaban J connectivity index is 2.12. The van der Waals surface area contributed by atoms with Crippen molar-refractivity contribution in [2.75, 3.05) is 12.4 Å². The standard InChI is InChI=1S/C13H13ClF3NO2/c14-6-9-5-12(19)18(7-9)8-10-3-1-2-4-11(10)20-13(15,16)17/h1-4,9H,5-8H2. The molecule has 1 amide bonds. The normalized spacial score (nSPS) is 19.5. The predicted octanol–water partition coefficient (Wildman–Crippen LogP) is 3.17. The van der Waals surface area contributed by atoms with Crippen molar-refractivity contribution in [3.8, 4) is 5.75 Å². The molecular formula is C13H13ClF3NO2. The Hall–Kier alpha value is -1.43. The highest BCUT2D eigenvalue weighted by atomic mass is 35.5. The molecule has 1 aliphatic heterocycles.